The number of hydrogen-bond donors (Lipinski definition) is 0. The van der Waals surface area contributed by atoms with Crippen LogP contribution in [0.15, 0.2) is 22.7 Å². The van der Waals surface area contributed by atoms with Crippen molar-refractivity contribution in [2.45, 2.75) is 5.88 Å². The molecule has 0 unspecified atom stereocenters. The molecule has 10 heavy (non-hydrogen) atoms. The predicted octanol–water partition coefficient (Wildman–Crippen LogP) is 3.33. The van der Waals surface area contributed by atoms with Crippen LogP contribution in [0.5, 0.6) is 0 Å². The van der Waals surface area contributed by atoms with E-state index < -0.39 is 0 Å². The van der Waals surface area contributed by atoms with Crippen LogP contribution in [0.2, 0.25) is 0 Å². The van der Waals surface area contributed by atoms with E-state index in [0.29, 0.717) is 5.88 Å². The van der Waals surface area contributed by atoms with Crippen LogP contribution in [0.4, 0.5) is 4.39 Å². The van der Waals surface area contributed by atoms with Crippen molar-refractivity contribution in [3.8, 4) is 0 Å². The van der Waals surface area contributed by atoms with Gasteiger partial charge in [0.1, 0.15) is 5.82 Å². The van der Waals surface area contributed by atoms with Crippen LogP contribution in [-0.2, 0) is 5.88 Å². The number of halogens is 3. The Hall–Kier alpha value is -0.0800. The van der Waals surface area contributed by atoms with Crippen LogP contribution in [0.1, 0.15) is 5.56 Å². The molecule has 0 saturated heterocycles. The topological polar surface area (TPSA) is 0 Å². The van der Waals surface area contributed by atoms with Crippen molar-refractivity contribution in [1.82, 2.24) is 0 Å². The first-order chi connectivity index (χ1) is 4.74. The molecule has 0 heterocycles. The second kappa shape index (κ2) is 3.35. The highest BCUT2D eigenvalue weighted by atomic mass is 79.9. The minimum absolute atomic E-state index is 0.251. The van der Waals surface area contributed by atoms with E-state index >= 15 is 0 Å². The third kappa shape index (κ3) is 1.70. The van der Waals surface area contributed by atoms with Gasteiger partial charge in [-0.25, -0.2) is 4.39 Å². The summed E-state index contributed by atoms with van der Waals surface area (Å²) in [4.78, 5) is 0. The SMILES string of the molecule is Fc1ccc(Br)c(CCl)c1. The van der Waals surface area contributed by atoms with Crippen molar-refractivity contribution in [2.75, 3.05) is 0 Å². The molecule has 0 fully saturated rings. The molecular formula is C7H5BrClF. The molecule has 0 radical (unpaired) electrons. The summed E-state index contributed by atoms with van der Waals surface area (Å²) < 4.78 is 13.3. The lowest BCUT2D eigenvalue weighted by Gasteiger charge is -1.97. The molecule has 0 aliphatic rings. The number of alkyl halides is 1. The summed E-state index contributed by atoms with van der Waals surface area (Å²) in [7, 11) is 0. The molecule has 0 nitrogen and oxygen atoms in total. The zero-order chi connectivity index (χ0) is 7.56. The second-order valence-electron chi connectivity index (χ2n) is 1.87. The quantitative estimate of drug-likeness (QED) is 0.641. The van der Waals surface area contributed by atoms with E-state index in [9.17, 15) is 4.39 Å². The first kappa shape index (κ1) is 8.02. The molecule has 0 atom stereocenters. The molecular weight excluding hydrogens is 218 g/mol. The molecule has 1 aromatic rings. The Balaban J connectivity index is 3.09. The monoisotopic (exact) mass is 222 g/mol. The summed E-state index contributed by atoms with van der Waals surface area (Å²) in [6, 6.07) is 4.45. The Morgan fingerprint density at radius 3 is 2.70 bits per heavy atom. The second-order valence-corrected chi connectivity index (χ2v) is 2.99. The van der Waals surface area contributed by atoms with Crippen molar-refractivity contribution in [3.63, 3.8) is 0 Å². The maximum absolute atomic E-state index is 12.5. The molecule has 0 aromatic heterocycles. The first-order valence-corrected chi connectivity index (χ1v) is 4.06. The normalized spacial score (nSPS) is 9.90. The van der Waals surface area contributed by atoms with Crippen LogP contribution in [0.25, 0.3) is 0 Å². The lowest BCUT2D eigenvalue weighted by molar-refractivity contribution is 0.626. The van der Waals surface area contributed by atoms with Gasteiger partial charge in [0.25, 0.3) is 0 Å². The standard InChI is InChI=1S/C7H5BrClF/c8-7-2-1-6(10)3-5(7)4-9/h1-3H,4H2. The Bertz CT molecular complexity index is 237. The average Bonchev–Trinajstić information content (AvgIpc) is 1.94. The number of hydrogen-bond acceptors (Lipinski definition) is 0. The van der Waals surface area contributed by atoms with Gasteiger partial charge in [0.15, 0.2) is 0 Å². The fraction of sp³-hybridized carbons (Fsp3) is 0.143. The van der Waals surface area contributed by atoms with Crippen molar-refractivity contribution in [1.29, 1.82) is 0 Å². The minimum Gasteiger partial charge on any atom is -0.207 e. The molecule has 0 aliphatic carbocycles. The molecule has 0 bridgehead atoms. The summed E-state index contributed by atoms with van der Waals surface area (Å²) >= 11 is 8.75. The molecule has 54 valence electrons. The van der Waals surface area contributed by atoms with Crippen LogP contribution in [0.3, 0.4) is 0 Å². The van der Waals surface area contributed by atoms with Gasteiger partial charge in [0.2, 0.25) is 0 Å². The molecule has 3 heteroatoms. The van der Waals surface area contributed by atoms with E-state index in [1.54, 1.807) is 6.07 Å². The van der Waals surface area contributed by atoms with Crippen molar-refractivity contribution in [3.05, 3.63) is 34.1 Å². The Labute approximate surface area is 72.1 Å². The number of benzene rings is 1. The molecule has 0 N–H and O–H groups in total. The molecule has 1 aromatic carbocycles. The summed E-state index contributed by atoms with van der Waals surface area (Å²) in [5.74, 6) is 0.0806. The van der Waals surface area contributed by atoms with Crippen molar-refractivity contribution >= 4 is 27.5 Å². The lowest BCUT2D eigenvalue weighted by atomic mass is 10.2. The van der Waals surface area contributed by atoms with Crippen LogP contribution >= 0.6 is 27.5 Å². The maximum Gasteiger partial charge on any atom is 0.123 e. The van der Waals surface area contributed by atoms with E-state index in [0.717, 1.165) is 10.0 Å². The highest BCUT2D eigenvalue weighted by Gasteiger charge is 1.98. The molecule has 0 aliphatic heterocycles. The van der Waals surface area contributed by atoms with E-state index in [4.69, 9.17) is 11.6 Å². The minimum atomic E-state index is -0.251. The van der Waals surface area contributed by atoms with Gasteiger partial charge >= 0.3 is 0 Å². The third-order valence-electron chi connectivity index (χ3n) is 1.15. The fourth-order valence-electron chi connectivity index (χ4n) is 0.646. The van der Waals surface area contributed by atoms with E-state index in [2.05, 4.69) is 15.9 Å². The van der Waals surface area contributed by atoms with Crippen molar-refractivity contribution in [2.24, 2.45) is 0 Å². The van der Waals surface area contributed by atoms with Gasteiger partial charge in [-0.3, -0.25) is 0 Å². The molecule has 1 rings (SSSR count). The van der Waals surface area contributed by atoms with Gasteiger partial charge in [0, 0.05) is 10.4 Å². The first-order valence-electron chi connectivity index (χ1n) is 2.74. The fourth-order valence-corrected chi connectivity index (χ4v) is 1.42. The summed E-state index contributed by atoms with van der Waals surface area (Å²) in [5.41, 5.74) is 0.779. The van der Waals surface area contributed by atoms with Gasteiger partial charge in [-0.15, -0.1) is 11.6 Å². The van der Waals surface area contributed by atoms with Crippen molar-refractivity contribution < 1.29 is 4.39 Å². The van der Waals surface area contributed by atoms with Crippen LogP contribution < -0.4 is 0 Å². The lowest BCUT2D eigenvalue weighted by Crippen LogP contribution is -1.81. The highest BCUT2D eigenvalue weighted by Crippen LogP contribution is 2.18. The zero-order valence-electron chi connectivity index (χ0n) is 5.07. The summed E-state index contributed by atoms with van der Waals surface area (Å²) in [6.07, 6.45) is 0. The number of rotatable bonds is 1. The smallest absolute Gasteiger partial charge is 0.123 e. The average molecular weight is 223 g/mol. The van der Waals surface area contributed by atoms with Gasteiger partial charge in [-0.05, 0) is 23.8 Å². The molecule has 0 saturated carbocycles. The molecule has 0 amide bonds. The maximum atomic E-state index is 12.5. The largest absolute Gasteiger partial charge is 0.207 e. The predicted molar refractivity (Wildman–Crippen MR) is 43.7 cm³/mol. The summed E-state index contributed by atoms with van der Waals surface area (Å²) in [5, 5.41) is 0. The van der Waals surface area contributed by atoms with Gasteiger partial charge < -0.3 is 0 Å². The van der Waals surface area contributed by atoms with Gasteiger partial charge in [0.05, 0.1) is 0 Å². The Kier molecular flexibility index (Phi) is 2.69. The van der Waals surface area contributed by atoms with Gasteiger partial charge in [-0.1, -0.05) is 15.9 Å². The van der Waals surface area contributed by atoms with Crippen LogP contribution in [0, 0.1) is 5.82 Å². The van der Waals surface area contributed by atoms with Crippen LogP contribution in [-0.4, -0.2) is 0 Å². The molecule has 0 spiro atoms. The van der Waals surface area contributed by atoms with E-state index in [1.807, 2.05) is 0 Å². The van der Waals surface area contributed by atoms with E-state index in [-0.39, 0.29) is 5.82 Å². The Morgan fingerprint density at radius 2 is 2.20 bits per heavy atom. The van der Waals surface area contributed by atoms with E-state index in [1.165, 1.54) is 12.1 Å². The Morgan fingerprint density at radius 1 is 1.50 bits per heavy atom. The third-order valence-corrected chi connectivity index (χ3v) is 2.21. The summed E-state index contributed by atoms with van der Waals surface area (Å²) in [6.45, 7) is 0. The highest BCUT2D eigenvalue weighted by molar-refractivity contribution is 9.10. The zero-order valence-corrected chi connectivity index (χ0v) is 7.41. The van der Waals surface area contributed by atoms with Gasteiger partial charge in [-0.2, -0.15) is 0 Å².